The molecule has 0 bridgehead atoms. The summed E-state index contributed by atoms with van der Waals surface area (Å²) in [6.45, 7) is 8.46. The Balaban J connectivity index is 2.05. The number of anilines is 1. The van der Waals surface area contributed by atoms with E-state index in [0.29, 0.717) is 21.3 Å². The van der Waals surface area contributed by atoms with E-state index in [-0.39, 0.29) is 17.3 Å². The van der Waals surface area contributed by atoms with E-state index in [1.54, 1.807) is 61.5 Å². The van der Waals surface area contributed by atoms with Crippen LogP contribution < -0.4 is 9.62 Å². The Kier molecular flexibility index (Phi) is 10.8. The van der Waals surface area contributed by atoms with Gasteiger partial charge in [-0.25, -0.2) is 8.42 Å². The first-order valence-corrected chi connectivity index (χ1v) is 16.3. The zero-order valence-corrected chi connectivity index (χ0v) is 27.1. The van der Waals surface area contributed by atoms with E-state index in [1.165, 1.54) is 28.8 Å². The van der Waals surface area contributed by atoms with Crippen LogP contribution in [0.3, 0.4) is 0 Å². The van der Waals surface area contributed by atoms with E-state index in [2.05, 4.69) is 5.32 Å². The average Bonchev–Trinajstić information content (AvgIpc) is 2.90. The van der Waals surface area contributed by atoms with E-state index in [4.69, 9.17) is 23.2 Å². The van der Waals surface area contributed by atoms with Crippen molar-refractivity contribution in [3.8, 4) is 0 Å². The summed E-state index contributed by atoms with van der Waals surface area (Å²) in [5, 5.41) is 3.66. The van der Waals surface area contributed by atoms with E-state index >= 15 is 0 Å². The fraction of sp³-hybridized carbons (Fsp3) is 0.333. The largest absolute Gasteiger partial charge is 0.350 e. The third-order valence-electron chi connectivity index (χ3n) is 6.27. The van der Waals surface area contributed by atoms with Crippen LogP contribution in [0.25, 0.3) is 0 Å². The van der Waals surface area contributed by atoms with Crippen LogP contribution in [0.4, 0.5) is 5.69 Å². The van der Waals surface area contributed by atoms with E-state index in [9.17, 15) is 18.0 Å². The van der Waals surface area contributed by atoms with E-state index in [1.807, 2.05) is 34.0 Å². The molecule has 11 heteroatoms. The third-order valence-corrected chi connectivity index (χ3v) is 9.39. The Bertz CT molecular complexity index is 1490. The van der Waals surface area contributed by atoms with Crippen molar-refractivity contribution >= 4 is 62.5 Å². The molecule has 2 amide bonds. The molecule has 0 radical (unpaired) electrons. The summed E-state index contributed by atoms with van der Waals surface area (Å²) in [5.74, 6) is -0.953. The standard InChI is InChI=1S/C30H35Cl2N3O4S2/c1-20-7-11-24(12-8-20)35(41(38,39)26-15-13-25(40-6)14-16-26)19-28(36)34(21(2)29(37)33-30(3,4)5)18-22-9-10-23(31)17-27(22)32/h7-17,21H,18-19H2,1-6H3,(H,33,37). The first-order chi connectivity index (χ1) is 19.1. The Labute approximate surface area is 257 Å². The molecule has 3 rings (SSSR count). The number of amides is 2. The SMILES string of the molecule is CSc1ccc(S(=O)(=O)N(CC(=O)N(Cc2ccc(Cl)cc2Cl)C(C)C(=O)NC(C)(C)C)c2ccc(C)cc2)cc1. The molecule has 3 aromatic rings. The van der Waals surface area contributed by atoms with Gasteiger partial charge in [0.05, 0.1) is 10.6 Å². The molecule has 1 unspecified atom stereocenters. The lowest BCUT2D eigenvalue weighted by Crippen LogP contribution is -2.54. The highest BCUT2D eigenvalue weighted by atomic mass is 35.5. The maximum atomic E-state index is 14.0. The van der Waals surface area contributed by atoms with Crippen molar-refractivity contribution in [2.75, 3.05) is 17.1 Å². The van der Waals surface area contributed by atoms with Crippen molar-refractivity contribution in [2.45, 2.75) is 62.5 Å². The van der Waals surface area contributed by atoms with Crippen molar-refractivity contribution in [3.63, 3.8) is 0 Å². The second-order valence-corrected chi connectivity index (χ2v) is 14.3. The molecule has 0 aliphatic heterocycles. The number of thioether (sulfide) groups is 1. The summed E-state index contributed by atoms with van der Waals surface area (Å²) in [6, 6.07) is 17.3. The number of benzene rings is 3. The maximum absolute atomic E-state index is 14.0. The Morgan fingerprint density at radius 3 is 2.12 bits per heavy atom. The molecule has 0 spiro atoms. The number of halogens is 2. The normalized spacial score (nSPS) is 12.5. The zero-order valence-electron chi connectivity index (χ0n) is 23.9. The summed E-state index contributed by atoms with van der Waals surface area (Å²) >= 11 is 14.0. The average molecular weight is 637 g/mol. The number of hydrogen-bond acceptors (Lipinski definition) is 5. The van der Waals surface area contributed by atoms with Gasteiger partial charge in [0, 0.05) is 27.0 Å². The van der Waals surface area contributed by atoms with Gasteiger partial charge in [0.2, 0.25) is 11.8 Å². The van der Waals surface area contributed by atoms with E-state index in [0.717, 1.165) is 14.8 Å². The van der Waals surface area contributed by atoms with Crippen molar-refractivity contribution in [3.05, 3.63) is 87.9 Å². The minimum Gasteiger partial charge on any atom is -0.350 e. The van der Waals surface area contributed by atoms with Crippen LogP contribution in [0.15, 0.2) is 76.5 Å². The van der Waals surface area contributed by atoms with Gasteiger partial charge in [-0.2, -0.15) is 0 Å². The lowest BCUT2D eigenvalue weighted by Gasteiger charge is -2.33. The van der Waals surface area contributed by atoms with Crippen LogP contribution in [0, 0.1) is 6.92 Å². The number of nitrogens with one attached hydrogen (secondary N) is 1. The van der Waals surface area contributed by atoms with Gasteiger partial charge in [0.15, 0.2) is 0 Å². The van der Waals surface area contributed by atoms with Gasteiger partial charge >= 0.3 is 0 Å². The number of nitrogens with zero attached hydrogens (tertiary/aromatic N) is 2. The van der Waals surface area contributed by atoms with Gasteiger partial charge in [-0.1, -0.05) is 47.0 Å². The summed E-state index contributed by atoms with van der Waals surface area (Å²) in [7, 11) is -4.15. The first kappa shape index (κ1) is 32.8. The quantitative estimate of drug-likeness (QED) is 0.255. The second kappa shape index (κ2) is 13.5. The molecular formula is C30H35Cl2N3O4S2. The van der Waals surface area contributed by atoms with Crippen molar-refractivity contribution in [2.24, 2.45) is 0 Å². The highest BCUT2D eigenvalue weighted by molar-refractivity contribution is 7.98. The van der Waals surface area contributed by atoms with E-state index < -0.39 is 34.1 Å². The molecule has 0 saturated carbocycles. The summed E-state index contributed by atoms with van der Waals surface area (Å²) in [4.78, 5) is 29.5. The van der Waals surface area contributed by atoms with Crippen LogP contribution >= 0.6 is 35.0 Å². The van der Waals surface area contributed by atoms with Gasteiger partial charge in [0.25, 0.3) is 10.0 Å². The van der Waals surface area contributed by atoms with Crippen LogP contribution in [-0.2, 0) is 26.2 Å². The fourth-order valence-electron chi connectivity index (χ4n) is 4.00. The Hall–Kier alpha value is -2.72. The Morgan fingerprint density at radius 1 is 0.976 bits per heavy atom. The number of rotatable bonds is 10. The van der Waals surface area contributed by atoms with Crippen molar-refractivity contribution < 1.29 is 18.0 Å². The molecule has 3 aromatic carbocycles. The van der Waals surface area contributed by atoms with Gasteiger partial charge in [-0.3, -0.25) is 13.9 Å². The first-order valence-electron chi connectivity index (χ1n) is 12.9. The van der Waals surface area contributed by atoms with Crippen molar-refractivity contribution in [1.29, 1.82) is 0 Å². The molecule has 220 valence electrons. The number of carbonyl (C=O) groups is 2. The monoisotopic (exact) mass is 635 g/mol. The van der Waals surface area contributed by atoms with Gasteiger partial charge in [0.1, 0.15) is 12.6 Å². The molecule has 41 heavy (non-hydrogen) atoms. The molecule has 0 heterocycles. The molecule has 0 aromatic heterocycles. The van der Waals surface area contributed by atoms with Crippen LogP contribution in [0.1, 0.15) is 38.8 Å². The molecule has 1 atom stereocenters. The molecule has 7 nitrogen and oxygen atoms in total. The molecule has 0 aliphatic carbocycles. The van der Waals surface area contributed by atoms with Gasteiger partial charge in [-0.15, -0.1) is 11.8 Å². The minimum absolute atomic E-state index is 0.0300. The maximum Gasteiger partial charge on any atom is 0.264 e. The lowest BCUT2D eigenvalue weighted by molar-refractivity contribution is -0.140. The number of carbonyl (C=O) groups excluding carboxylic acids is 2. The number of hydrogen-bond donors (Lipinski definition) is 1. The van der Waals surface area contributed by atoms with Crippen LogP contribution in [-0.4, -0.2) is 49.5 Å². The minimum atomic E-state index is -4.15. The van der Waals surface area contributed by atoms with Crippen LogP contribution in [0.2, 0.25) is 10.0 Å². The molecule has 1 N–H and O–H groups in total. The molecular weight excluding hydrogens is 601 g/mol. The highest BCUT2D eigenvalue weighted by Crippen LogP contribution is 2.28. The third kappa shape index (κ3) is 8.64. The topological polar surface area (TPSA) is 86.8 Å². The predicted octanol–water partition coefficient (Wildman–Crippen LogP) is 6.55. The predicted molar refractivity (Wildman–Crippen MR) is 168 cm³/mol. The summed E-state index contributed by atoms with van der Waals surface area (Å²) in [5.41, 5.74) is 1.29. The highest BCUT2D eigenvalue weighted by Gasteiger charge is 2.33. The lowest BCUT2D eigenvalue weighted by atomic mass is 10.1. The van der Waals surface area contributed by atoms with Gasteiger partial charge < -0.3 is 10.2 Å². The Morgan fingerprint density at radius 2 is 1.59 bits per heavy atom. The fourth-order valence-corrected chi connectivity index (χ4v) is 6.30. The number of aryl methyl sites for hydroxylation is 1. The molecule has 0 aliphatic rings. The summed E-state index contributed by atoms with van der Waals surface area (Å²) < 4.78 is 29.0. The zero-order chi connectivity index (χ0) is 30.5. The molecule has 0 fully saturated rings. The smallest absolute Gasteiger partial charge is 0.264 e. The second-order valence-electron chi connectivity index (χ2n) is 10.7. The van der Waals surface area contributed by atoms with Gasteiger partial charge in [-0.05, 0) is 95.0 Å². The molecule has 0 saturated heterocycles. The summed E-state index contributed by atoms with van der Waals surface area (Å²) in [6.07, 6.45) is 1.90. The van der Waals surface area contributed by atoms with Crippen LogP contribution in [0.5, 0.6) is 0 Å². The number of sulfonamides is 1. The van der Waals surface area contributed by atoms with Crippen molar-refractivity contribution in [1.82, 2.24) is 10.2 Å².